The van der Waals surface area contributed by atoms with Gasteiger partial charge in [0.05, 0.1) is 0 Å². The van der Waals surface area contributed by atoms with Crippen molar-refractivity contribution in [3.05, 3.63) is 12.2 Å². The molecule has 2 heteroatoms. The first-order valence-corrected chi connectivity index (χ1v) is 4.63. The molecule has 0 saturated carbocycles. The Morgan fingerprint density at radius 3 is 3.00 bits per heavy atom. The second kappa shape index (κ2) is 4.96. The first-order chi connectivity index (χ1) is 5.79. The molecule has 1 unspecified atom stereocenters. The highest BCUT2D eigenvalue weighted by Crippen LogP contribution is 2.13. The molecular formula is C10H16O2. The lowest BCUT2D eigenvalue weighted by molar-refractivity contribution is -0.144. The first kappa shape index (κ1) is 9.30. The van der Waals surface area contributed by atoms with Gasteiger partial charge in [-0.05, 0) is 31.8 Å². The van der Waals surface area contributed by atoms with E-state index in [2.05, 4.69) is 6.08 Å². The van der Waals surface area contributed by atoms with Gasteiger partial charge in [0.25, 0.3) is 0 Å². The number of hydrogen-bond acceptors (Lipinski definition) is 2. The summed E-state index contributed by atoms with van der Waals surface area (Å²) >= 11 is 0. The van der Waals surface area contributed by atoms with E-state index in [1.54, 1.807) is 0 Å². The molecule has 0 aromatic heterocycles. The van der Waals surface area contributed by atoms with E-state index in [1.807, 2.05) is 6.08 Å². The van der Waals surface area contributed by atoms with Crippen LogP contribution in [0.15, 0.2) is 12.2 Å². The van der Waals surface area contributed by atoms with Crippen LogP contribution in [0.1, 0.15) is 39.0 Å². The Morgan fingerprint density at radius 1 is 1.42 bits per heavy atom. The Balaban J connectivity index is 2.38. The zero-order valence-electron chi connectivity index (χ0n) is 7.58. The normalized spacial score (nSPS) is 24.2. The summed E-state index contributed by atoms with van der Waals surface area (Å²) in [5, 5.41) is 0. The molecule has 12 heavy (non-hydrogen) atoms. The summed E-state index contributed by atoms with van der Waals surface area (Å²) in [6.45, 7) is 1.46. The standard InChI is InChI=1S/C10H16O2/c1-9(11)12-10-7-5-3-2-4-6-8-10/h5,7,10H,2-4,6,8H2,1H3. The van der Waals surface area contributed by atoms with Crippen LogP contribution in [0.25, 0.3) is 0 Å². The van der Waals surface area contributed by atoms with Crippen LogP contribution in [-0.4, -0.2) is 12.1 Å². The number of rotatable bonds is 1. The molecule has 0 fully saturated rings. The minimum Gasteiger partial charge on any atom is -0.458 e. The first-order valence-electron chi connectivity index (χ1n) is 4.63. The zero-order chi connectivity index (χ0) is 8.81. The summed E-state index contributed by atoms with van der Waals surface area (Å²) in [6.07, 6.45) is 9.96. The topological polar surface area (TPSA) is 26.3 Å². The third-order valence-electron chi connectivity index (χ3n) is 2.03. The minimum absolute atomic E-state index is 0.0304. The Labute approximate surface area is 73.6 Å². The van der Waals surface area contributed by atoms with Crippen LogP contribution in [0.2, 0.25) is 0 Å². The van der Waals surface area contributed by atoms with E-state index in [1.165, 1.54) is 26.2 Å². The Morgan fingerprint density at radius 2 is 2.25 bits per heavy atom. The van der Waals surface area contributed by atoms with Crippen LogP contribution < -0.4 is 0 Å². The van der Waals surface area contributed by atoms with Crippen molar-refractivity contribution in [2.45, 2.75) is 45.1 Å². The van der Waals surface area contributed by atoms with Crippen LogP contribution in [0.3, 0.4) is 0 Å². The predicted molar refractivity (Wildman–Crippen MR) is 47.8 cm³/mol. The van der Waals surface area contributed by atoms with Crippen LogP contribution in [0.4, 0.5) is 0 Å². The van der Waals surface area contributed by atoms with Crippen molar-refractivity contribution in [2.24, 2.45) is 0 Å². The Kier molecular flexibility index (Phi) is 3.85. The average molecular weight is 168 g/mol. The monoisotopic (exact) mass is 168 g/mol. The summed E-state index contributed by atoms with van der Waals surface area (Å²) in [5.41, 5.74) is 0. The lowest BCUT2D eigenvalue weighted by Crippen LogP contribution is -2.14. The van der Waals surface area contributed by atoms with Gasteiger partial charge in [-0.1, -0.05) is 12.5 Å². The summed E-state index contributed by atoms with van der Waals surface area (Å²) < 4.78 is 5.10. The van der Waals surface area contributed by atoms with E-state index >= 15 is 0 Å². The number of carbonyl (C=O) groups is 1. The lowest BCUT2D eigenvalue weighted by atomic mass is 10.0. The van der Waals surface area contributed by atoms with Crippen LogP contribution in [-0.2, 0) is 9.53 Å². The number of hydrogen-bond donors (Lipinski definition) is 0. The van der Waals surface area contributed by atoms with Gasteiger partial charge < -0.3 is 4.74 Å². The van der Waals surface area contributed by atoms with Gasteiger partial charge in [0.15, 0.2) is 0 Å². The van der Waals surface area contributed by atoms with E-state index < -0.39 is 0 Å². The molecule has 1 atom stereocenters. The van der Waals surface area contributed by atoms with Crippen LogP contribution in [0.5, 0.6) is 0 Å². The van der Waals surface area contributed by atoms with Crippen molar-refractivity contribution in [1.29, 1.82) is 0 Å². The highest BCUT2D eigenvalue weighted by Gasteiger charge is 2.08. The fourth-order valence-electron chi connectivity index (χ4n) is 1.44. The van der Waals surface area contributed by atoms with Gasteiger partial charge >= 0.3 is 5.97 Å². The number of esters is 1. The predicted octanol–water partition coefficient (Wildman–Crippen LogP) is 2.44. The molecule has 0 saturated heterocycles. The molecule has 0 aromatic carbocycles. The highest BCUT2D eigenvalue weighted by atomic mass is 16.5. The number of allylic oxidation sites excluding steroid dienone is 1. The molecular weight excluding hydrogens is 152 g/mol. The van der Waals surface area contributed by atoms with Gasteiger partial charge in [-0.15, -0.1) is 0 Å². The number of carbonyl (C=O) groups excluding carboxylic acids is 1. The maximum absolute atomic E-state index is 10.7. The summed E-state index contributed by atoms with van der Waals surface area (Å²) in [4.78, 5) is 10.7. The molecule has 0 aromatic rings. The second-order valence-corrected chi connectivity index (χ2v) is 3.21. The van der Waals surface area contributed by atoms with E-state index in [4.69, 9.17) is 4.74 Å². The van der Waals surface area contributed by atoms with Crippen molar-refractivity contribution in [1.82, 2.24) is 0 Å². The largest absolute Gasteiger partial charge is 0.458 e. The van der Waals surface area contributed by atoms with Crippen LogP contribution >= 0.6 is 0 Å². The van der Waals surface area contributed by atoms with Gasteiger partial charge in [0.1, 0.15) is 6.10 Å². The fraction of sp³-hybridized carbons (Fsp3) is 0.700. The fourth-order valence-corrected chi connectivity index (χ4v) is 1.44. The van der Waals surface area contributed by atoms with Gasteiger partial charge in [0, 0.05) is 6.92 Å². The zero-order valence-corrected chi connectivity index (χ0v) is 7.58. The van der Waals surface area contributed by atoms with E-state index in [9.17, 15) is 4.79 Å². The maximum atomic E-state index is 10.7. The van der Waals surface area contributed by atoms with Crippen molar-refractivity contribution < 1.29 is 9.53 Å². The Hall–Kier alpha value is -0.790. The molecule has 2 nitrogen and oxygen atoms in total. The quantitative estimate of drug-likeness (QED) is 0.444. The van der Waals surface area contributed by atoms with Crippen molar-refractivity contribution in [2.75, 3.05) is 0 Å². The average Bonchev–Trinajstić information content (AvgIpc) is 1.93. The molecule has 1 aliphatic rings. The Bertz CT molecular complexity index is 173. The summed E-state index contributed by atoms with van der Waals surface area (Å²) in [5.74, 6) is -0.176. The summed E-state index contributed by atoms with van der Waals surface area (Å²) in [6, 6.07) is 0. The van der Waals surface area contributed by atoms with Gasteiger partial charge in [-0.3, -0.25) is 4.79 Å². The SMILES string of the molecule is CC(=O)OC1C=CCCCCC1. The second-order valence-electron chi connectivity index (χ2n) is 3.21. The molecule has 0 aliphatic heterocycles. The molecule has 0 heterocycles. The summed E-state index contributed by atoms with van der Waals surface area (Å²) in [7, 11) is 0. The molecule has 0 amide bonds. The van der Waals surface area contributed by atoms with Crippen molar-refractivity contribution in [3.63, 3.8) is 0 Å². The molecule has 0 spiro atoms. The molecule has 1 rings (SSSR count). The van der Waals surface area contributed by atoms with Gasteiger partial charge in [-0.2, -0.15) is 0 Å². The third-order valence-corrected chi connectivity index (χ3v) is 2.03. The maximum Gasteiger partial charge on any atom is 0.303 e. The smallest absolute Gasteiger partial charge is 0.303 e. The van der Waals surface area contributed by atoms with E-state index in [0.717, 1.165) is 12.8 Å². The molecule has 68 valence electrons. The molecule has 0 N–H and O–H groups in total. The van der Waals surface area contributed by atoms with Gasteiger partial charge in [0.2, 0.25) is 0 Å². The molecule has 0 bridgehead atoms. The van der Waals surface area contributed by atoms with Crippen molar-refractivity contribution in [3.8, 4) is 0 Å². The van der Waals surface area contributed by atoms with Crippen LogP contribution in [0, 0.1) is 0 Å². The van der Waals surface area contributed by atoms with E-state index in [-0.39, 0.29) is 12.1 Å². The van der Waals surface area contributed by atoms with Gasteiger partial charge in [-0.25, -0.2) is 0 Å². The molecule has 1 aliphatic carbocycles. The number of ether oxygens (including phenoxy) is 1. The minimum atomic E-state index is -0.176. The highest BCUT2D eigenvalue weighted by molar-refractivity contribution is 5.66. The molecule has 0 radical (unpaired) electrons. The van der Waals surface area contributed by atoms with E-state index in [0.29, 0.717) is 0 Å². The lowest BCUT2D eigenvalue weighted by Gasteiger charge is -2.14. The van der Waals surface area contributed by atoms with Crippen molar-refractivity contribution >= 4 is 5.97 Å². The third kappa shape index (κ3) is 3.56.